The maximum Gasteiger partial charge on any atom is 0.193 e. The van der Waals surface area contributed by atoms with E-state index < -0.39 is 0 Å². The molecular formula is C15H19ClFIN4S. The van der Waals surface area contributed by atoms with Gasteiger partial charge in [0.25, 0.3) is 0 Å². The summed E-state index contributed by atoms with van der Waals surface area (Å²) in [5.74, 6) is 0.361. The van der Waals surface area contributed by atoms with E-state index in [2.05, 4.69) is 15.3 Å². The summed E-state index contributed by atoms with van der Waals surface area (Å²) in [5, 5.41) is 3.67. The van der Waals surface area contributed by atoms with Gasteiger partial charge in [-0.1, -0.05) is 17.7 Å². The highest BCUT2D eigenvalue weighted by atomic mass is 127. The minimum absolute atomic E-state index is 0. The first kappa shape index (κ1) is 20.1. The molecule has 2 aromatic rings. The minimum Gasteiger partial charge on any atom is -0.351 e. The highest BCUT2D eigenvalue weighted by molar-refractivity contribution is 14.0. The Morgan fingerprint density at radius 2 is 2.22 bits per heavy atom. The number of guanidine groups is 1. The Labute approximate surface area is 161 Å². The van der Waals surface area contributed by atoms with Crippen molar-refractivity contribution in [3.63, 3.8) is 0 Å². The van der Waals surface area contributed by atoms with Crippen LogP contribution in [0.1, 0.15) is 16.1 Å². The van der Waals surface area contributed by atoms with Crippen LogP contribution in [-0.2, 0) is 13.1 Å². The lowest BCUT2D eigenvalue weighted by Crippen LogP contribution is -2.38. The van der Waals surface area contributed by atoms with Crippen LogP contribution >= 0.6 is 46.9 Å². The van der Waals surface area contributed by atoms with Crippen LogP contribution in [0.4, 0.5) is 4.39 Å². The molecule has 1 heterocycles. The third-order valence-electron chi connectivity index (χ3n) is 3.28. The summed E-state index contributed by atoms with van der Waals surface area (Å²) in [7, 11) is 3.54. The molecule has 0 unspecified atom stereocenters. The van der Waals surface area contributed by atoms with Gasteiger partial charge in [0.15, 0.2) is 5.96 Å². The molecule has 0 aliphatic rings. The van der Waals surface area contributed by atoms with Crippen molar-refractivity contribution >= 4 is 52.9 Å². The predicted octanol–water partition coefficient (Wildman–Crippen LogP) is 4.07. The van der Waals surface area contributed by atoms with E-state index in [1.165, 1.54) is 6.07 Å². The van der Waals surface area contributed by atoms with E-state index in [0.717, 1.165) is 10.6 Å². The molecule has 0 bridgehead atoms. The summed E-state index contributed by atoms with van der Waals surface area (Å²) in [6.07, 6.45) is 0. The summed E-state index contributed by atoms with van der Waals surface area (Å²) in [5.41, 5.74) is 3.29. The fourth-order valence-electron chi connectivity index (χ4n) is 2.04. The van der Waals surface area contributed by atoms with Gasteiger partial charge in [0.1, 0.15) is 5.82 Å². The maximum absolute atomic E-state index is 13.9. The second-order valence-corrected chi connectivity index (χ2v) is 6.16. The first-order chi connectivity index (χ1) is 10.5. The van der Waals surface area contributed by atoms with Crippen LogP contribution < -0.4 is 5.32 Å². The van der Waals surface area contributed by atoms with Crippen molar-refractivity contribution in [3.05, 3.63) is 50.7 Å². The summed E-state index contributed by atoms with van der Waals surface area (Å²) in [6.45, 7) is 2.95. The molecule has 23 heavy (non-hydrogen) atoms. The molecule has 1 aromatic heterocycles. The van der Waals surface area contributed by atoms with Crippen LogP contribution in [0.3, 0.4) is 0 Å². The van der Waals surface area contributed by atoms with E-state index in [9.17, 15) is 4.39 Å². The SMILES string of the molecule is CN=C(NCc1scnc1C)N(C)Cc1c(F)cccc1Cl.I. The summed E-state index contributed by atoms with van der Waals surface area (Å²) >= 11 is 7.66. The van der Waals surface area contributed by atoms with Crippen molar-refractivity contribution in [2.45, 2.75) is 20.0 Å². The molecule has 126 valence electrons. The number of hydrogen-bond donors (Lipinski definition) is 1. The van der Waals surface area contributed by atoms with Gasteiger partial charge in [-0.2, -0.15) is 0 Å². The summed E-state index contributed by atoms with van der Waals surface area (Å²) in [4.78, 5) is 11.4. The van der Waals surface area contributed by atoms with E-state index in [4.69, 9.17) is 11.6 Å². The average Bonchev–Trinajstić information content (AvgIpc) is 2.89. The Morgan fingerprint density at radius 1 is 1.48 bits per heavy atom. The second kappa shape index (κ2) is 9.39. The van der Waals surface area contributed by atoms with Gasteiger partial charge >= 0.3 is 0 Å². The van der Waals surface area contributed by atoms with Crippen molar-refractivity contribution in [1.82, 2.24) is 15.2 Å². The van der Waals surface area contributed by atoms with Crippen LogP contribution in [0.15, 0.2) is 28.7 Å². The van der Waals surface area contributed by atoms with Crippen LogP contribution in [0, 0.1) is 12.7 Å². The largest absolute Gasteiger partial charge is 0.351 e. The van der Waals surface area contributed by atoms with E-state index in [-0.39, 0.29) is 29.8 Å². The molecule has 0 aliphatic carbocycles. The van der Waals surface area contributed by atoms with Gasteiger partial charge < -0.3 is 10.2 Å². The smallest absolute Gasteiger partial charge is 0.193 e. The fourth-order valence-corrected chi connectivity index (χ4v) is 2.97. The molecule has 2 rings (SSSR count). The van der Waals surface area contributed by atoms with Crippen LogP contribution in [-0.4, -0.2) is 29.9 Å². The Hall–Kier alpha value is -0.930. The van der Waals surface area contributed by atoms with Gasteiger partial charge in [0, 0.05) is 36.1 Å². The molecule has 0 saturated heterocycles. The molecule has 0 atom stereocenters. The van der Waals surface area contributed by atoms with Crippen molar-refractivity contribution in [1.29, 1.82) is 0 Å². The lowest BCUT2D eigenvalue weighted by molar-refractivity contribution is 0.460. The monoisotopic (exact) mass is 468 g/mol. The number of aryl methyl sites for hydroxylation is 1. The summed E-state index contributed by atoms with van der Waals surface area (Å²) < 4.78 is 13.9. The topological polar surface area (TPSA) is 40.5 Å². The van der Waals surface area contributed by atoms with Gasteiger partial charge in [-0.3, -0.25) is 4.99 Å². The van der Waals surface area contributed by atoms with E-state index >= 15 is 0 Å². The van der Waals surface area contributed by atoms with Crippen molar-refractivity contribution in [2.75, 3.05) is 14.1 Å². The number of benzene rings is 1. The Balaban J connectivity index is 0.00000264. The molecular weight excluding hydrogens is 450 g/mol. The molecule has 1 N–H and O–H groups in total. The molecule has 1 aromatic carbocycles. The van der Waals surface area contributed by atoms with Crippen LogP contribution in [0.25, 0.3) is 0 Å². The number of rotatable bonds is 4. The van der Waals surface area contributed by atoms with Crippen molar-refractivity contribution in [3.8, 4) is 0 Å². The lowest BCUT2D eigenvalue weighted by Gasteiger charge is -2.22. The van der Waals surface area contributed by atoms with Crippen molar-refractivity contribution < 1.29 is 4.39 Å². The first-order valence-corrected chi connectivity index (χ1v) is 8.02. The Kier molecular flexibility index (Phi) is 8.21. The number of aromatic nitrogens is 1. The van der Waals surface area contributed by atoms with Gasteiger partial charge in [-0.25, -0.2) is 9.37 Å². The van der Waals surface area contributed by atoms with Crippen molar-refractivity contribution in [2.24, 2.45) is 4.99 Å². The lowest BCUT2D eigenvalue weighted by atomic mass is 10.2. The zero-order valence-corrected chi connectivity index (χ0v) is 17.0. The first-order valence-electron chi connectivity index (χ1n) is 6.76. The number of nitrogens with one attached hydrogen (secondary N) is 1. The van der Waals surface area contributed by atoms with Gasteiger partial charge in [-0.15, -0.1) is 35.3 Å². The van der Waals surface area contributed by atoms with Gasteiger partial charge in [-0.05, 0) is 19.1 Å². The molecule has 0 fully saturated rings. The molecule has 0 aliphatic heterocycles. The molecule has 0 spiro atoms. The standard InChI is InChI=1S/C15H18ClFN4S.HI/c1-10-14(22-9-20-10)7-19-15(18-2)21(3)8-11-12(16)5-4-6-13(11)17;/h4-6,9H,7-8H2,1-3H3,(H,18,19);1H. The Bertz CT molecular complexity index is 657. The maximum atomic E-state index is 13.9. The zero-order chi connectivity index (χ0) is 16.1. The normalized spacial score (nSPS) is 11.1. The molecule has 0 saturated carbocycles. The number of nitrogens with zero attached hydrogens (tertiary/aromatic N) is 3. The number of thiazole rings is 1. The molecule has 0 radical (unpaired) electrons. The fraction of sp³-hybridized carbons (Fsp3) is 0.333. The molecule has 0 amide bonds. The number of halogens is 3. The van der Waals surface area contributed by atoms with Gasteiger partial charge in [0.05, 0.1) is 17.7 Å². The minimum atomic E-state index is -0.312. The summed E-state index contributed by atoms with van der Waals surface area (Å²) in [6, 6.07) is 4.69. The zero-order valence-electron chi connectivity index (χ0n) is 13.1. The predicted molar refractivity (Wildman–Crippen MR) is 105 cm³/mol. The quantitative estimate of drug-likeness (QED) is 0.418. The number of aliphatic imine (C=N–C) groups is 1. The van der Waals surface area contributed by atoms with E-state index in [0.29, 0.717) is 29.6 Å². The number of hydrogen-bond acceptors (Lipinski definition) is 3. The highest BCUT2D eigenvalue weighted by Crippen LogP contribution is 2.20. The molecule has 8 heteroatoms. The Morgan fingerprint density at radius 3 is 2.78 bits per heavy atom. The van der Waals surface area contributed by atoms with E-state index in [1.807, 2.05) is 24.4 Å². The van der Waals surface area contributed by atoms with Gasteiger partial charge in [0.2, 0.25) is 0 Å². The average molecular weight is 469 g/mol. The van der Waals surface area contributed by atoms with E-state index in [1.54, 1.807) is 30.5 Å². The van der Waals surface area contributed by atoms with Crippen LogP contribution in [0.2, 0.25) is 5.02 Å². The molecule has 4 nitrogen and oxygen atoms in total. The third-order valence-corrected chi connectivity index (χ3v) is 4.57. The second-order valence-electron chi connectivity index (χ2n) is 4.82. The third kappa shape index (κ3) is 5.29. The van der Waals surface area contributed by atoms with Crippen LogP contribution in [0.5, 0.6) is 0 Å². The highest BCUT2D eigenvalue weighted by Gasteiger charge is 2.13.